The number of benzene rings is 1. The average molecular weight is 211 g/mol. The zero-order chi connectivity index (χ0) is 11.5. The molecule has 1 aromatic rings. The third kappa shape index (κ3) is 2.15. The van der Waals surface area contributed by atoms with Crippen LogP contribution in [-0.4, -0.2) is 17.1 Å². The van der Waals surface area contributed by atoms with E-state index in [-0.39, 0.29) is 6.42 Å². The van der Waals surface area contributed by atoms with Gasteiger partial charge >= 0.3 is 5.97 Å². The summed E-state index contributed by atoms with van der Waals surface area (Å²) < 4.78 is 14.4. The number of carbonyl (C=O) groups is 1. The maximum atomic E-state index is 14.4. The van der Waals surface area contributed by atoms with E-state index in [1.807, 2.05) is 0 Å². The molecule has 0 spiro atoms. The molecule has 0 fully saturated rings. The molecule has 1 rings (SSSR count). The predicted octanol–water partition coefficient (Wildman–Crippen LogP) is 1.67. The number of carboxylic acids is 1. The van der Waals surface area contributed by atoms with Gasteiger partial charge < -0.3 is 10.8 Å². The molecule has 0 bridgehead atoms. The molecule has 4 heteroatoms. The van der Waals surface area contributed by atoms with E-state index in [1.165, 1.54) is 0 Å². The van der Waals surface area contributed by atoms with Crippen LogP contribution in [0, 0.1) is 0 Å². The van der Waals surface area contributed by atoms with Crippen molar-refractivity contribution in [1.29, 1.82) is 0 Å². The van der Waals surface area contributed by atoms with Gasteiger partial charge in [0.2, 0.25) is 0 Å². The van der Waals surface area contributed by atoms with Gasteiger partial charge in [0.15, 0.2) is 5.67 Å². The summed E-state index contributed by atoms with van der Waals surface area (Å²) in [5.74, 6) is -1.33. The van der Waals surface area contributed by atoms with Crippen molar-refractivity contribution in [2.45, 2.75) is 25.1 Å². The minimum absolute atomic E-state index is 0.0322. The highest BCUT2D eigenvalue weighted by Crippen LogP contribution is 2.32. The van der Waals surface area contributed by atoms with Crippen LogP contribution in [0.5, 0.6) is 0 Å². The van der Waals surface area contributed by atoms with E-state index in [2.05, 4.69) is 0 Å². The third-order valence-electron chi connectivity index (χ3n) is 2.53. The van der Waals surface area contributed by atoms with E-state index < -0.39 is 17.7 Å². The molecule has 3 nitrogen and oxygen atoms in total. The predicted molar refractivity (Wildman–Crippen MR) is 55.1 cm³/mol. The van der Waals surface area contributed by atoms with E-state index in [1.54, 1.807) is 37.3 Å². The van der Waals surface area contributed by atoms with Gasteiger partial charge in [0, 0.05) is 0 Å². The molecular weight excluding hydrogens is 197 g/mol. The molecule has 0 aliphatic heterocycles. The highest BCUT2D eigenvalue weighted by atomic mass is 19.1. The molecule has 15 heavy (non-hydrogen) atoms. The molecule has 2 unspecified atom stereocenters. The van der Waals surface area contributed by atoms with Crippen LogP contribution < -0.4 is 5.73 Å². The zero-order valence-corrected chi connectivity index (χ0v) is 8.48. The van der Waals surface area contributed by atoms with Gasteiger partial charge in [0.25, 0.3) is 0 Å². The standard InChI is InChI=1S/C11H14FNO2/c1-2-11(12,9(13)10(14)15)8-6-4-3-5-7-8/h3-7,9H,2,13H2,1H3,(H,14,15). The van der Waals surface area contributed by atoms with Gasteiger partial charge in [-0.1, -0.05) is 37.3 Å². The van der Waals surface area contributed by atoms with E-state index in [0.717, 1.165) is 0 Å². The zero-order valence-electron chi connectivity index (χ0n) is 8.48. The fourth-order valence-corrected chi connectivity index (χ4v) is 1.51. The second-order valence-electron chi connectivity index (χ2n) is 3.40. The number of carboxylic acid groups (broad SMARTS) is 1. The van der Waals surface area contributed by atoms with Gasteiger partial charge in [-0.2, -0.15) is 0 Å². The maximum Gasteiger partial charge on any atom is 0.324 e. The highest BCUT2D eigenvalue weighted by Gasteiger charge is 2.41. The lowest BCUT2D eigenvalue weighted by molar-refractivity contribution is -0.143. The molecule has 0 radical (unpaired) electrons. The minimum Gasteiger partial charge on any atom is -0.480 e. The Kier molecular flexibility index (Phi) is 3.42. The van der Waals surface area contributed by atoms with Crippen LogP contribution >= 0.6 is 0 Å². The Morgan fingerprint density at radius 1 is 1.53 bits per heavy atom. The van der Waals surface area contributed by atoms with Gasteiger partial charge in [-0.3, -0.25) is 4.79 Å². The number of hydrogen-bond acceptors (Lipinski definition) is 2. The number of halogens is 1. The summed E-state index contributed by atoms with van der Waals surface area (Å²) in [6, 6.07) is 6.62. The number of alkyl halides is 1. The van der Waals surface area contributed by atoms with Gasteiger partial charge in [-0.05, 0) is 12.0 Å². The van der Waals surface area contributed by atoms with Gasteiger partial charge in [0.1, 0.15) is 6.04 Å². The monoisotopic (exact) mass is 211 g/mol. The van der Waals surface area contributed by atoms with Crippen molar-refractivity contribution in [3.63, 3.8) is 0 Å². The van der Waals surface area contributed by atoms with Crippen molar-refractivity contribution >= 4 is 5.97 Å². The molecule has 3 N–H and O–H groups in total. The molecule has 0 heterocycles. The SMILES string of the molecule is CCC(F)(c1ccccc1)C(N)C(=O)O. The Balaban J connectivity index is 3.11. The normalized spacial score (nSPS) is 16.7. The summed E-state index contributed by atoms with van der Waals surface area (Å²) >= 11 is 0. The second kappa shape index (κ2) is 4.40. The largest absolute Gasteiger partial charge is 0.480 e. The topological polar surface area (TPSA) is 63.3 Å². The van der Waals surface area contributed by atoms with Gasteiger partial charge in [-0.25, -0.2) is 4.39 Å². The summed E-state index contributed by atoms with van der Waals surface area (Å²) in [6.45, 7) is 1.58. The van der Waals surface area contributed by atoms with Crippen LogP contribution in [0.1, 0.15) is 18.9 Å². The number of nitrogens with two attached hydrogens (primary N) is 1. The Bertz CT molecular complexity index is 342. The molecule has 0 amide bonds. The molecular formula is C11H14FNO2. The second-order valence-corrected chi connectivity index (χ2v) is 3.40. The Hall–Kier alpha value is -1.42. The Morgan fingerprint density at radius 2 is 2.07 bits per heavy atom. The minimum atomic E-state index is -2.01. The first-order chi connectivity index (χ1) is 7.02. The van der Waals surface area contributed by atoms with E-state index in [0.29, 0.717) is 5.56 Å². The molecule has 0 aliphatic carbocycles. The summed E-state index contributed by atoms with van der Waals surface area (Å²) in [5, 5.41) is 8.75. The van der Waals surface area contributed by atoms with Gasteiger partial charge in [-0.15, -0.1) is 0 Å². The van der Waals surface area contributed by atoms with E-state index in [4.69, 9.17) is 10.8 Å². The number of aliphatic carboxylic acids is 1. The summed E-state index contributed by atoms with van der Waals surface area (Å²) in [6.07, 6.45) is 0.0322. The first kappa shape index (κ1) is 11.7. The highest BCUT2D eigenvalue weighted by molar-refractivity contribution is 5.75. The van der Waals surface area contributed by atoms with Crippen LogP contribution in [0.25, 0.3) is 0 Å². The lowest BCUT2D eigenvalue weighted by Crippen LogP contribution is -2.47. The third-order valence-corrected chi connectivity index (χ3v) is 2.53. The molecule has 2 atom stereocenters. The Labute approximate surface area is 87.7 Å². The maximum absolute atomic E-state index is 14.4. The molecule has 0 aromatic heterocycles. The number of rotatable bonds is 4. The van der Waals surface area contributed by atoms with Crippen LogP contribution in [-0.2, 0) is 10.5 Å². The first-order valence-corrected chi connectivity index (χ1v) is 4.75. The average Bonchev–Trinajstić information content (AvgIpc) is 2.28. The lowest BCUT2D eigenvalue weighted by Gasteiger charge is -2.27. The summed E-state index contributed by atoms with van der Waals surface area (Å²) in [5.41, 5.74) is 3.66. The van der Waals surface area contributed by atoms with E-state index >= 15 is 0 Å². The van der Waals surface area contributed by atoms with E-state index in [9.17, 15) is 9.18 Å². The molecule has 1 aromatic carbocycles. The van der Waals surface area contributed by atoms with Crippen molar-refractivity contribution in [2.24, 2.45) is 5.73 Å². The van der Waals surface area contributed by atoms with Crippen molar-refractivity contribution in [2.75, 3.05) is 0 Å². The Morgan fingerprint density at radius 3 is 2.47 bits per heavy atom. The van der Waals surface area contributed by atoms with Crippen LogP contribution in [0.3, 0.4) is 0 Å². The summed E-state index contributed by atoms with van der Waals surface area (Å²) in [7, 11) is 0. The van der Waals surface area contributed by atoms with Crippen LogP contribution in [0.15, 0.2) is 30.3 Å². The smallest absolute Gasteiger partial charge is 0.324 e. The molecule has 82 valence electrons. The molecule has 0 saturated heterocycles. The van der Waals surface area contributed by atoms with Crippen LogP contribution in [0.4, 0.5) is 4.39 Å². The van der Waals surface area contributed by atoms with Crippen molar-refractivity contribution in [1.82, 2.24) is 0 Å². The summed E-state index contributed by atoms with van der Waals surface area (Å²) in [4.78, 5) is 10.7. The lowest BCUT2D eigenvalue weighted by atomic mass is 9.86. The fourth-order valence-electron chi connectivity index (χ4n) is 1.51. The van der Waals surface area contributed by atoms with Crippen molar-refractivity contribution in [3.05, 3.63) is 35.9 Å². The van der Waals surface area contributed by atoms with Crippen molar-refractivity contribution in [3.8, 4) is 0 Å². The quantitative estimate of drug-likeness (QED) is 0.796. The first-order valence-electron chi connectivity index (χ1n) is 4.75. The number of hydrogen-bond donors (Lipinski definition) is 2. The molecule has 0 saturated carbocycles. The van der Waals surface area contributed by atoms with Crippen LogP contribution in [0.2, 0.25) is 0 Å². The van der Waals surface area contributed by atoms with Gasteiger partial charge in [0.05, 0.1) is 0 Å². The molecule has 0 aliphatic rings. The van der Waals surface area contributed by atoms with Crippen molar-refractivity contribution < 1.29 is 14.3 Å². The fraction of sp³-hybridized carbons (Fsp3) is 0.364.